The summed E-state index contributed by atoms with van der Waals surface area (Å²) < 4.78 is 50.7. The first kappa shape index (κ1) is 24.7. The molecule has 0 bridgehead atoms. The standard InChI is InChI=1S/C25H27F3N2O5/c1-34-17-10-20(31)24(21(11-17)35-2)18(14-5-6-19-15(8-14)9-22(32)29-19)12-23(33)30-7-3-4-16(13-30)25(26,27)28/h5-6,8,10-11,16,18,31H,3-4,7,9,12-13H2,1-2H3,(H,29,32). The van der Waals surface area contributed by atoms with Crippen LogP contribution in [0, 0.1) is 5.92 Å². The molecule has 0 radical (unpaired) electrons. The van der Waals surface area contributed by atoms with Crippen molar-refractivity contribution in [3.05, 3.63) is 47.0 Å². The maximum absolute atomic E-state index is 13.3. The van der Waals surface area contributed by atoms with Crippen molar-refractivity contribution in [1.82, 2.24) is 4.90 Å². The van der Waals surface area contributed by atoms with E-state index in [4.69, 9.17) is 9.47 Å². The molecule has 0 spiro atoms. The molecular weight excluding hydrogens is 465 g/mol. The second-order valence-corrected chi connectivity index (χ2v) is 8.88. The number of alkyl halides is 3. The summed E-state index contributed by atoms with van der Waals surface area (Å²) in [6, 6.07) is 8.21. The van der Waals surface area contributed by atoms with Gasteiger partial charge < -0.3 is 24.8 Å². The third-order valence-electron chi connectivity index (χ3n) is 6.67. The van der Waals surface area contributed by atoms with E-state index < -0.39 is 23.9 Å². The molecule has 35 heavy (non-hydrogen) atoms. The van der Waals surface area contributed by atoms with E-state index >= 15 is 0 Å². The molecule has 2 aromatic carbocycles. The Labute approximate surface area is 200 Å². The van der Waals surface area contributed by atoms with Gasteiger partial charge in [0.25, 0.3) is 0 Å². The number of amides is 2. The van der Waals surface area contributed by atoms with Crippen LogP contribution in [0.2, 0.25) is 0 Å². The fourth-order valence-electron chi connectivity index (χ4n) is 4.85. The number of rotatable bonds is 6. The number of anilines is 1. The highest BCUT2D eigenvalue weighted by Crippen LogP contribution is 2.44. The third-order valence-corrected chi connectivity index (χ3v) is 6.67. The summed E-state index contributed by atoms with van der Waals surface area (Å²) in [5.41, 5.74) is 2.37. The summed E-state index contributed by atoms with van der Waals surface area (Å²) >= 11 is 0. The first-order chi connectivity index (χ1) is 16.6. The van der Waals surface area contributed by atoms with Crippen LogP contribution in [0.25, 0.3) is 0 Å². The number of halogens is 3. The van der Waals surface area contributed by atoms with Gasteiger partial charge in [0.15, 0.2) is 0 Å². The van der Waals surface area contributed by atoms with Crippen molar-refractivity contribution in [3.8, 4) is 17.2 Å². The first-order valence-corrected chi connectivity index (χ1v) is 11.3. The molecule has 0 saturated carbocycles. The second-order valence-electron chi connectivity index (χ2n) is 8.88. The molecule has 7 nitrogen and oxygen atoms in total. The number of nitrogens with zero attached hydrogens (tertiary/aromatic N) is 1. The summed E-state index contributed by atoms with van der Waals surface area (Å²) in [6.07, 6.45) is -4.11. The molecule has 0 aliphatic carbocycles. The molecule has 2 amide bonds. The number of fused-ring (bicyclic) bond motifs is 1. The number of benzene rings is 2. The highest BCUT2D eigenvalue weighted by Gasteiger charge is 2.43. The number of piperidine rings is 1. The maximum Gasteiger partial charge on any atom is 0.393 e. The van der Waals surface area contributed by atoms with Gasteiger partial charge in [-0.15, -0.1) is 0 Å². The minimum atomic E-state index is -4.37. The van der Waals surface area contributed by atoms with E-state index in [1.807, 2.05) is 0 Å². The number of nitrogens with one attached hydrogen (secondary N) is 1. The Morgan fingerprint density at radius 3 is 2.69 bits per heavy atom. The van der Waals surface area contributed by atoms with Gasteiger partial charge in [0, 0.05) is 48.8 Å². The SMILES string of the molecule is COc1cc(O)c(C(CC(=O)N2CCCC(C(F)(F)F)C2)c2ccc3c(c2)CC(=O)N3)c(OC)c1. The molecule has 2 aromatic rings. The molecule has 188 valence electrons. The Morgan fingerprint density at radius 1 is 1.23 bits per heavy atom. The molecule has 2 aliphatic rings. The van der Waals surface area contributed by atoms with Crippen LogP contribution in [0.5, 0.6) is 17.2 Å². The van der Waals surface area contributed by atoms with Gasteiger partial charge in [-0.05, 0) is 30.0 Å². The smallest absolute Gasteiger partial charge is 0.393 e. The average molecular weight is 492 g/mol. The summed E-state index contributed by atoms with van der Waals surface area (Å²) in [5.74, 6) is -2.42. The molecule has 10 heteroatoms. The van der Waals surface area contributed by atoms with Crippen molar-refractivity contribution in [2.24, 2.45) is 5.92 Å². The molecule has 4 rings (SSSR count). The Kier molecular flexibility index (Phi) is 6.82. The molecular formula is C25H27F3N2O5. The highest BCUT2D eigenvalue weighted by molar-refractivity contribution is 5.99. The number of aromatic hydroxyl groups is 1. The fraction of sp³-hybridized carbons (Fsp3) is 0.440. The summed E-state index contributed by atoms with van der Waals surface area (Å²) in [6.45, 7) is -0.143. The maximum atomic E-state index is 13.3. The molecule has 2 heterocycles. The van der Waals surface area contributed by atoms with E-state index in [2.05, 4.69) is 5.32 Å². The van der Waals surface area contributed by atoms with Gasteiger partial charge in [0.05, 0.1) is 26.6 Å². The molecule has 2 unspecified atom stereocenters. The van der Waals surface area contributed by atoms with Crippen LogP contribution < -0.4 is 14.8 Å². The number of hydrogen-bond acceptors (Lipinski definition) is 5. The van der Waals surface area contributed by atoms with Crippen LogP contribution in [0.4, 0.5) is 18.9 Å². The zero-order valence-electron chi connectivity index (χ0n) is 19.4. The van der Waals surface area contributed by atoms with Crippen LogP contribution in [0.1, 0.15) is 41.9 Å². The number of ether oxygens (including phenoxy) is 2. The monoisotopic (exact) mass is 492 g/mol. The van der Waals surface area contributed by atoms with E-state index in [1.165, 1.54) is 25.2 Å². The third kappa shape index (κ3) is 5.16. The molecule has 0 aromatic heterocycles. The fourth-order valence-corrected chi connectivity index (χ4v) is 4.85. The van der Waals surface area contributed by atoms with E-state index in [0.29, 0.717) is 22.6 Å². The van der Waals surface area contributed by atoms with Crippen molar-refractivity contribution in [2.45, 2.75) is 37.8 Å². The topological polar surface area (TPSA) is 88.1 Å². The number of likely N-dealkylation sites (tertiary alicyclic amines) is 1. The van der Waals surface area contributed by atoms with Gasteiger partial charge >= 0.3 is 6.18 Å². The number of hydrogen-bond donors (Lipinski definition) is 2. The first-order valence-electron chi connectivity index (χ1n) is 11.3. The zero-order chi connectivity index (χ0) is 25.3. The second kappa shape index (κ2) is 9.67. The Balaban J connectivity index is 1.72. The van der Waals surface area contributed by atoms with Gasteiger partial charge in [-0.2, -0.15) is 13.2 Å². The predicted molar refractivity (Wildman–Crippen MR) is 122 cm³/mol. The zero-order valence-corrected chi connectivity index (χ0v) is 19.4. The van der Waals surface area contributed by atoms with Crippen molar-refractivity contribution >= 4 is 17.5 Å². The number of phenolic OH excluding ortho intramolecular Hbond substituents is 1. The van der Waals surface area contributed by atoms with Crippen molar-refractivity contribution in [3.63, 3.8) is 0 Å². The van der Waals surface area contributed by atoms with Gasteiger partial charge in [-0.1, -0.05) is 12.1 Å². The van der Waals surface area contributed by atoms with Crippen molar-refractivity contribution < 1.29 is 37.3 Å². The van der Waals surface area contributed by atoms with Gasteiger partial charge in [-0.25, -0.2) is 0 Å². The minimum absolute atomic E-state index is 0.00432. The average Bonchev–Trinajstić information content (AvgIpc) is 3.20. The predicted octanol–water partition coefficient (Wildman–Crippen LogP) is 4.23. The van der Waals surface area contributed by atoms with Gasteiger partial charge in [0.1, 0.15) is 17.2 Å². The molecule has 2 aliphatic heterocycles. The van der Waals surface area contributed by atoms with Gasteiger partial charge in [0.2, 0.25) is 11.8 Å². The normalized spacial score (nSPS) is 18.6. The number of methoxy groups -OCH3 is 2. The lowest BCUT2D eigenvalue weighted by Crippen LogP contribution is -2.45. The van der Waals surface area contributed by atoms with Crippen LogP contribution >= 0.6 is 0 Å². The van der Waals surface area contributed by atoms with E-state index in [9.17, 15) is 27.9 Å². The Bertz CT molecular complexity index is 1130. The minimum Gasteiger partial charge on any atom is -0.507 e. The lowest BCUT2D eigenvalue weighted by Gasteiger charge is -2.34. The number of phenols is 1. The molecule has 1 fully saturated rings. The lowest BCUT2D eigenvalue weighted by atomic mass is 9.85. The van der Waals surface area contributed by atoms with E-state index in [-0.39, 0.29) is 56.2 Å². The number of carbonyl (C=O) groups excluding carboxylic acids is 2. The highest BCUT2D eigenvalue weighted by atomic mass is 19.4. The summed E-state index contributed by atoms with van der Waals surface area (Å²) in [5, 5.41) is 13.6. The van der Waals surface area contributed by atoms with Crippen LogP contribution in [0.3, 0.4) is 0 Å². The van der Waals surface area contributed by atoms with E-state index in [1.54, 1.807) is 24.3 Å². The van der Waals surface area contributed by atoms with Crippen molar-refractivity contribution in [1.29, 1.82) is 0 Å². The summed E-state index contributed by atoms with van der Waals surface area (Å²) in [7, 11) is 2.85. The number of carbonyl (C=O) groups is 2. The molecule has 2 N–H and O–H groups in total. The Hall–Kier alpha value is -3.43. The lowest BCUT2D eigenvalue weighted by molar-refractivity contribution is -0.188. The van der Waals surface area contributed by atoms with Crippen LogP contribution in [-0.4, -0.2) is 55.3 Å². The largest absolute Gasteiger partial charge is 0.507 e. The van der Waals surface area contributed by atoms with Crippen molar-refractivity contribution in [2.75, 3.05) is 32.6 Å². The van der Waals surface area contributed by atoms with Crippen LogP contribution in [-0.2, 0) is 16.0 Å². The molecule has 2 atom stereocenters. The Morgan fingerprint density at radius 2 is 2.00 bits per heavy atom. The van der Waals surface area contributed by atoms with Crippen LogP contribution in [0.15, 0.2) is 30.3 Å². The quantitative estimate of drug-likeness (QED) is 0.630. The van der Waals surface area contributed by atoms with E-state index in [0.717, 1.165) is 5.56 Å². The van der Waals surface area contributed by atoms with Gasteiger partial charge in [-0.3, -0.25) is 9.59 Å². The molecule has 1 saturated heterocycles. The summed E-state index contributed by atoms with van der Waals surface area (Å²) in [4.78, 5) is 26.4.